The van der Waals surface area contributed by atoms with Crippen LogP contribution in [0.25, 0.3) is 0 Å². The molecule has 0 amide bonds. The zero-order valence-electron chi connectivity index (χ0n) is 22.2. The Morgan fingerprint density at radius 3 is 1.85 bits per heavy atom. The van der Waals surface area contributed by atoms with Crippen LogP contribution in [-0.4, -0.2) is 48.1 Å². The van der Waals surface area contributed by atoms with Gasteiger partial charge in [-0.15, -0.1) is 0 Å². The minimum absolute atomic E-state index is 0.189. The van der Waals surface area contributed by atoms with Gasteiger partial charge in [0.2, 0.25) is 11.6 Å². The highest BCUT2D eigenvalue weighted by atomic mass is 16.6. The van der Waals surface area contributed by atoms with Gasteiger partial charge in [-0.3, -0.25) is 4.98 Å². The van der Waals surface area contributed by atoms with E-state index in [2.05, 4.69) is 4.98 Å². The average Bonchev–Trinajstić information content (AvgIpc) is 3.45. The van der Waals surface area contributed by atoms with Gasteiger partial charge in [0.05, 0.1) is 26.4 Å². The van der Waals surface area contributed by atoms with Gasteiger partial charge in [0.1, 0.15) is 30.6 Å². The smallest absolute Gasteiger partial charge is 0.238 e. The maximum atomic E-state index is 6.64. The Kier molecular flexibility index (Phi) is 8.25. The molecule has 3 aromatic carbocycles. The highest BCUT2D eigenvalue weighted by Gasteiger charge is 2.56. The number of aromatic nitrogens is 1. The van der Waals surface area contributed by atoms with Crippen LogP contribution in [0.3, 0.4) is 0 Å². The molecule has 1 spiro atoms. The van der Waals surface area contributed by atoms with Crippen molar-refractivity contribution in [3.8, 4) is 0 Å². The molecule has 0 unspecified atom stereocenters. The lowest BCUT2D eigenvalue weighted by atomic mass is 9.94. The molecule has 1 saturated heterocycles. The Morgan fingerprint density at radius 2 is 1.25 bits per heavy atom. The topological polar surface area (TPSA) is 71.4 Å². The highest BCUT2D eigenvalue weighted by molar-refractivity contribution is 5.93. The zero-order valence-corrected chi connectivity index (χ0v) is 22.2. The molecule has 0 saturated carbocycles. The van der Waals surface area contributed by atoms with Crippen molar-refractivity contribution in [3.63, 3.8) is 0 Å². The van der Waals surface area contributed by atoms with E-state index in [0.29, 0.717) is 31.4 Å². The van der Waals surface area contributed by atoms with Gasteiger partial charge < -0.3 is 23.7 Å². The molecular weight excluding hydrogens is 504 g/mol. The van der Waals surface area contributed by atoms with E-state index in [1.54, 1.807) is 6.20 Å². The van der Waals surface area contributed by atoms with Crippen molar-refractivity contribution < 1.29 is 23.7 Å². The first-order valence-corrected chi connectivity index (χ1v) is 13.5. The first kappa shape index (κ1) is 26.3. The fourth-order valence-electron chi connectivity index (χ4n) is 4.97. The number of ether oxygens (including phenoxy) is 5. The molecule has 1 fully saturated rings. The molecule has 0 bridgehead atoms. The number of hydrogen-bond acceptors (Lipinski definition) is 7. The lowest BCUT2D eigenvalue weighted by Gasteiger charge is -2.45. The first-order chi connectivity index (χ1) is 19.8. The third-order valence-corrected chi connectivity index (χ3v) is 7.06. The summed E-state index contributed by atoms with van der Waals surface area (Å²) in [7, 11) is 0. The Bertz CT molecular complexity index is 1370. The van der Waals surface area contributed by atoms with Gasteiger partial charge in [-0.25, -0.2) is 4.99 Å². The molecule has 4 aromatic rings. The third-order valence-electron chi connectivity index (χ3n) is 7.06. The first-order valence-electron chi connectivity index (χ1n) is 13.5. The van der Waals surface area contributed by atoms with E-state index in [9.17, 15) is 0 Å². The van der Waals surface area contributed by atoms with Gasteiger partial charge in [-0.1, -0.05) is 97.1 Å². The molecule has 7 nitrogen and oxygen atoms in total. The van der Waals surface area contributed by atoms with E-state index in [0.717, 1.165) is 16.7 Å². The summed E-state index contributed by atoms with van der Waals surface area (Å²) < 4.78 is 32.3. The molecule has 0 radical (unpaired) electrons. The maximum absolute atomic E-state index is 6.64. The van der Waals surface area contributed by atoms with Crippen LogP contribution in [0.4, 0.5) is 0 Å². The maximum Gasteiger partial charge on any atom is 0.238 e. The molecule has 2 aliphatic rings. The second kappa shape index (κ2) is 12.5. The van der Waals surface area contributed by atoms with Gasteiger partial charge in [-0.05, 0) is 28.8 Å². The minimum atomic E-state index is -1.10. The monoisotopic (exact) mass is 536 g/mol. The van der Waals surface area contributed by atoms with E-state index < -0.39 is 17.9 Å². The number of benzene rings is 3. The number of rotatable bonds is 10. The lowest BCUT2D eigenvalue weighted by molar-refractivity contribution is -0.275. The van der Waals surface area contributed by atoms with Crippen LogP contribution in [0.2, 0.25) is 0 Å². The van der Waals surface area contributed by atoms with Crippen molar-refractivity contribution in [2.75, 3.05) is 13.2 Å². The van der Waals surface area contributed by atoms with E-state index >= 15 is 0 Å². The predicted octanol–water partition coefficient (Wildman–Crippen LogP) is 5.34. The molecule has 0 aliphatic carbocycles. The molecule has 6 rings (SSSR count). The summed E-state index contributed by atoms with van der Waals surface area (Å²) in [5.41, 5.74) is 2.72. The second-order valence-corrected chi connectivity index (χ2v) is 9.89. The van der Waals surface area contributed by atoms with Gasteiger partial charge in [0.15, 0.2) is 0 Å². The largest absolute Gasteiger partial charge is 0.471 e. The third kappa shape index (κ3) is 6.13. The molecule has 40 heavy (non-hydrogen) atoms. The molecule has 3 heterocycles. The number of aliphatic imine (C=N–C) groups is 1. The van der Waals surface area contributed by atoms with Crippen molar-refractivity contribution in [1.82, 2.24) is 4.98 Å². The van der Waals surface area contributed by atoms with Crippen molar-refractivity contribution in [2.45, 2.75) is 43.9 Å². The minimum Gasteiger partial charge on any atom is -0.471 e. The summed E-state index contributed by atoms with van der Waals surface area (Å²) >= 11 is 0. The summed E-state index contributed by atoms with van der Waals surface area (Å²) in [6.45, 7) is 1.66. The van der Waals surface area contributed by atoms with E-state index in [1.807, 2.05) is 109 Å². The van der Waals surface area contributed by atoms with E-state index in [4.69, 9.17) is 28.7 Å². The van der Waals surface area contributed by atoms with Crippen molar-refractivity contribution >= 4 is 5.90 Å². The quantitative estimate of drug-likeness (QED) is 0.273. The Morgan fingerprint density at radius 1 is 0.675 bits per heavy atom. The summed E-state index contributed by atoms with van der Waals surface area (Å²) in [6, 6.07) is 35.9. The molecule has 7 heteroatoms. The summed E-state index contributed by atoms with van der Waals surface area (Å²) in [5, 5.41) is 0. The van der Waals surface area contributed by atoms with Gasteiger partial charge in [-0.2, -0.15) is 0 Å². The molecule has 2 aliphatic heterocycles. The van der Waals surface area contributed by atoms with Crippen LogP contribution >= 0.6 is 0 Å². The van der Waals surface area contributed by atoms with Crippen LogP contribution in [0.5, 0.6) is 0 Å². The summed E-state index contributed by atoms with van der Waals surface area (Å²) in [6.07, 6.45) is 0.254. The second-order valence-electron chi connectivity index (χ2n) is 9.89. The molecule has 4 atom stereocenters. The van der Waals surface area contributed by atoms with Gasteiger partial charge in [0, 0.05) is 6.20 Å². The molecule has 1 aromatic heterocycles. The van der Waals surface area contributed by atoms with Crippen LogP contribution in [0.15, 0.2) is 120 Å². The van der Waals surface area contributed by atoms with Crippen LogP contribution in [0.1, 0.15) is 22.4 Å². The SMILES string of the molecule is c1ccc(CO[C@H]2[C@@H](OCc3ccccc3)[C@]3(COC(c4ccccn4)=N3)OC[C@H]2OCc2ccccc2)cc1. The number of pyridine rings is 1. The average molecular weight is 537 g/mol. The fourth-order valence-corrected chi connectivity index (χ4v) is 4.97. The van der Waals surface area contributed by atoms with Crippen LogP contribution in [-0.2, 0) is 43.5 Å². The van der Waals surface area contributed by atoms with Crippen LogP contribution < -0.4 is 0 Å². The molecule has 0 N–H and O–H groups in total. The van der Waals surface area contributed by atoms with E-state index in [-0.39, 0.29) is 19.3 Å². The standard InChI is InChI=1S/C33H32N2O5/c1-4-12-25(13-5-1)20-36-29-23-40-33(24-39-32(35-33)28-18-10-11-19-34-28)31(38-22-27-16-8-3-9-17-27)30(29)37-21-26-14-6-2-7-15-26/h1-19,29-31H,20-24H2/t29-,30-,31-,33+/m1/s1. The molecular formula is C33H32N2O5. The van der Waals surface area contributed by atoms with Gasteiger partial charge in [0.25, 0.3) is 0 Å². The van der Waals surface area contributed by atoms with Crippen molar-refractivity contribution in [1.29, 1.82) is 0 Å². The van der Waals surface area contributed by atoms with Crippen molar-refractivity contribution in [2.24, 2.45) is 4.99 Å². The highest BCUT2D eigenvalue weighted by Crippen LogP contribution is 2.38. The van der Waals surface area contributed by atoms with E-state index in [1.165, 1.54) is 0 Å². The number of nitrogens with zero attached hydrogens (tertiary/aromatic N) is 2. The lowest BCUT2D eigenvalue weighted by Crippen LogP contribution is -2.63. The normalized spacial score (nSPS) is 24.0. The Labute approximate surface area is 234 Å². The van der Waals surface area contributed by atoms with Crippen LogP contribution in [0, 0.1) is 0 Å². The fraction of sp³-hybridized carbons (Fsp3) is 0.273. The summed E-state index contributed by atoms with van der Waals surface area (Å²) in [5.74, 6) is 0.430. The Hall–Kier alpha value is -3.88. The Balaban J connectivity index is 1.31. The number of hydrogen-bond donors (Lipinski definition) is 0. The molecule has 204 valence electrons. The predicted molar refractivity (Wildman–Crippen MR) is 150 cm³/mol. The van der Waals surface area contributed by atoms with Gasteiger partial charge >= 0.3 is 0 Å². The summed E-state index contributed by atoms with van der Waals surface area (Å²) in [4.78, 5) is 9.37. The zero-order chi connectivity index (χ0) is 27.0. The van der Waals surface area contributed by atoms with Crippen molar-refractivity contribution in [3.05, 3.63) is 138 Å².